The molecule has 1 fully saturated rings. The molecule has 2 unspecified atom stereocenters. The molecule has 2 atom stereocenters. The van der Waals surface area contributed by atoms with Crippen LogP contribution in [0.2, 0.25) is 0 Å². The molecule has 3 heterocycles. The Labute approximate surface area is 123 Å². The van der Waals surface area contributed by atoms with E-state index in [4.69, 9.17) is 9.47 Å². The number of aryl methyl sites for hydroxylation is 1. The standard InChI is InChI=1S/C14H21N5O2/c1-4-12-15-16-13-5-6-14(17-19(12)13)18-7-10(2)21-11(8-18)9-20-3/h5-6,10-11H,4,7-9H2,1-3H3. The van der Waals surface area contributed by atoms with E-state index in [0.29, 0.717) is 6.61 Å². The summed E-state index contributed by atoms with van der Waals surface area (Å²) in [6.45, 7) is 6.32. The highest BCUT2D eigenvalue weighted by Crippen LogP contribution is 2.19. The lowest BCUT2D eigenvalue weighted by Crippen LogP contribution is -2.48. The molecule has 0 amide bonds. The highest BCUT2D eigenvalue weighted by Gasteiger charge is 2.26. The van der Waals surface area contributed by atoms with E-state index in [9.17, 15) is 0 Å². The van der Waals surface area contributed by atoms with Gasteiger partial charge in [-0.2, -0.15) is 4.52 Å². The minimum absolute atomic E-state index is 0.0720. The van der Waals surface area contributed by atoms with Crippen LogP contribution in [0.15, 0.2) is 12.1 Å². The number of fused-ring (bicyclic) bond motifs is 1. The van der Waals surface area contributed by atoms with Crippen LogP contribution in [0.25, 0.3) is 5.65 Å². The second-order valence-electron chi connectivity index (χ2n) is 5.36. The zero-order valence-electron chi connectivity index (χ0n) is 12.7. The van der Waals surface area contributed by atoms with Crippen molar-refractivity contribution < 1.29 is 9.47 Å². The Bertz CT molecular complexity index is 614. The Hall–Kier alpha value is -1.73. The van der Waals surface area contributed by atoms with Gasteiger partial charge in [0, 0.05) is 26.6 Å². The third kappa shape index (κ3) is 2.84. The summed E-state index contributed by atoms with van der Waals surface area (Å²) in [6.07, 6.45) is 1.04. The number of hydrogen-bond acceptors (Lipinski definition) is 6. The molecule has 1 saturated heterocycles. The van der Waals surface area contributed by atoms with E-state index >= 15 is 0 Å². The first-order valence-corrected chi connectivity index (χ1v) is 7.32. The summed E-state index contributed by atoms with van der Waals surface area (Å²) in [5, 5.41) is 12.9. The Balaban J connectivity index is 1.88. The Morgan fingerprint density at radius 3 is 2.95 bits per heavy atom. The number of ether oxygens (including phenoxy) is 2. The van der Waals surface area contributed by atoms with E-state index in [-0.39, 0.29) is 12.2 Å². The topological polar surface area (TPSA) is 64.8 Å². The molecule has 0 aromatic carbocycles. The number of morpholine rings is 1. The molecule has 21 heavy (non-hydrogen) atoms. The van der Waals surface area contributed by atoms with Gasteiger partial charge in [0.05, 0.1) is 18.8 Å². The van der Waals surface area contributed by atoms with Crippen molar-refractivity contribution in [3.05, 3.63) is 18.0 Å². The Kier molecular flexibility index (Phi) is 4.03. The van der Waals surface area contributed by atoms with E-state index in [1.54, 1.807) is 7.11 Å². The lowest BCUT2D eigenvalue weighted by atomic mass is 10.2. The van der Waals surface area contributed by atoms with Gasteiger partial charge in [0.2, 0.25) is 0 Å². The summed E-state index contributed by atoms with van der Waals surface area (Å²) in [7, 11) is 1.70. The largest absolute Gasteiger partial charge is 0.382 e. The van der Waals surface area contributed by atoms with Crippen LogP contribution in [0, 0.1) is 0 Å². The van der Waals surface area contributed by atoms with Gasteiger partial charge in [-0.3, -0.25) is 0 Å². The summed E-state index contributed by atoms with van der Waals surface area (Å²) in [4.78, 5) is 2.23. The van der Waals surface area contributed by atoms with Crippen LogP contribution in [0.1, 0.15) is 19.7 Å². The van der Waals surface area contributed by atoms with Crippen LogP contribution in [-0.4, -0.2) is 58.8 Å². The predicted molar refractivity (Wildman–Crippen MR) is 78.6 cm³/mol. The molecule has 7 heteroatoms. The number of nitrogens with zero attached hydrogens (tertiary/aromatic N) is 5. The molecule has 0 spiro atoms. The number of hydrogen-bond donors (Lipinski definition) is 0. The van der Waals surface area contributed by atoms with Crippen molar-refractivity contribution in [2.45, 2.75) is 32.5 Å². The molecule has 0 aliphatic carbocycles. The van der Waals surface area contributed by atoms with Crippen molar-refractivity contribution in [2.75, 3.05) is 31.7 Å². The summed E-state index contributed by atoms with van der Waals surface area (Å²) >= 11 is 0. The zero-order chi connectivity index (χ0) is 14.8. The van der Waals surface area contributed by atoms with Crippen LogP contribution in [-0.2, 0) is 15.9 Å². The Morgan fingerprint density at radius 2 is 2.19 bits per heavy atom. The monoisotopic (exact) mass is 291 g/mol. The molecule has 0 saturated carbocycles. The average Bonchev–Trinajstić information content (AvgIpc) is 2.89. The molecule has 0 N–H and O–H groups in total. The molecule has 0 bridgehead atoms. The SMILES string of the molecule is CCc1nnc2ccc(N3CC(C)OC(COC)C3)nn12. The average molecular weight is 291 g/mol. The quantitative estimate of drug-likeness (QED) is 0.835. The number of rotatable bonds is 4. The molecule has 1 aliphatic rings. The van der Waals surface area contributed by atoms with Gasteiger partial charge in [0.15, 0.2) is 11.5 Å². The third-order valence-electron chi connectivity index (χ3n) is 3.63. The maximum atomic E-state index is 5.87. The van der Waals surface area contributed by atoms with E-state index in [2.05, 4.69) is 34.0 Å². The highest BCUT2D eigenvalue weighted by molar-refractivity contribution is 5.46. The predicted octanol–water partition coefficient (Wildman–Crippen LogP) is 0.927. The molecule has 7 nitrogen and oxygen atoms in total. The van der Waals surface area contributed by atoms with Crippen molar-refractivity contribution in [3.8, 4) is 0 Å². The molecular weight excluding hydrogens is 270 g/mol. The van der Waals surface area contributed by atoms with Gasteiger partial charge >= 0.3 is 0 Å². The van der Waals surface area contributed by atoms with Gasteiger partial charge < -0.3 is 14.4 Å². The summed E-state index contributed by atoms with van der Waals surface area (Å²) in [5.74, 6) is 1.80. The van der Waals surface area contributed by atoms with Crippen LogP contribution < -0.4 is 4.90 Å². The molecular formula is C14H21N5O2. The number of anilines is 1. The van der Waals surface area contributed by atoms with Crippen molar-refractivity contribution in [1.29, 1.82) is 0 Å². The fourth-order valence-corrected chi connectivity index (χ4v) is 2.72. The van der Waals surface area contributed by atoms with Gasteiger partial charge in [0.1, 0.15) is 5.82 Å². The van der Waals surface area contributed by atoms with Crippen LogP contribution >= 0.6 is 0 Å². The molecule has 114 valence electrons. The minimum atomic E-state index is 0.0720. The van der Waals surface area contributed by atoms with Gasteiger partial charge in [-0.1, -0.05) is 6.92 Å². The van der Waals surface area contributed by atoms with Gasteiger partial charge in [-0.25, -0.2) is 0 Å². The van der Waals surface area contributed by atoms with E-state index in [0.717, 1.165) is 36.8 Å². The first-order chi connectivity index (χ1) is 10.2. The second-order valence-corrected chi connectivity index (χ2v) is 5.36. The maximum absolute atomic E-state index is 5.87. The van der Waals surface area contributed by atoms with Gasteiger partial charge in [0.25, 0.3) is 0 Å². The van der Waals surface area contributed by atoms with Crippen LogP contribution in [0.4, 0.5) is 5.82 Å². The first kappa shape index (κ1) is 14.2. The lowest BCUT2D eigenvalue weighted by molar-refractivity contribution is -0.0513. The maximum Gasteiger partial charge on any atom is 0.178 e. The number of methoxy groups -OCH3 is 1. The van der Waals surface area contributed by atoms with Crippen LogP contribution in [0.5, 0.6) is 0 Å². The van der Waals surface area contributed by atoms with E-state index in [1.807, 2.05) is 16.6 Å². The fraction of sp³-hybridized carbons (Fsp3) is 0.643. The first-order valence-electron chi connectivity index (χ1n) is 7.32. The molecule has 2 aromatic rings. The Morgan fingerprint density at radius 1 is 1.33 bits per heavy atom. The normalized spacial score (nSPS) is 22.9. The second kappa shape index (κ2) is 5.95. The van der Waals surface area contributed by atoms with Gasteiger partial charge in [-0.05, 0) is 19.1 Å². The smallest absolute Gasteiger partial charge is 0.178 e. The van der Waals surface area contributed by atoms with E-state index < -0.39 is 0 Å². The zero-order valence-corrected chi connectivity index (χ0v) is 12.7. The summed E-state index contributed by atoms with van der Waals surface area (Å²) in [6, 6.07) is 3.95. The highest BCUT2D eigenvalue weighted by atomic mass is 16.5. The molecule has 2 aromatic heterocycles. The van der Waals surface area contributed by atoms with Crippen molar-refractivity contribution in [2.24, 2.45) is 0 Å². The molecule has 0 radical (unpaired) electrons. The van der Waals surface area contributed by atoms with Gasteiger partial charge in [-0.15, -0.1) is 15.3 Å². The summed E-state index contributed by atoms with van der Waals surface area (Å²) in [5.41, 5.74) is 0.783. The lowest BCUT2D eigenvalue weighted by Gasteiger charge is -2.37. The van der Waals surface area contributed by atoms with E-state index in [1.165, 1.54) is 0 Å². The van der Waals surface area contributed by atoms with Crippen molar-refractivity contribution in [1.82, 2.24) is 19.8 Å². The van der Waals surface area contributed by atoms with Crippen LogP contribution in [0.3, 0.4) is 0 Å². The third-order valence-corrected chi connectivity index (χ3v) is 3.63. The van der Waals surface area contributed by atoms with Crippen molar-refractivity contribution in [3.63, 3.8) is 0 Å². The minimum Gasteiger partial charge on any atom is -0.382 e. The number of aromatic nitrogens is 4. The summed E-state index contributed by atoms with van der Waals surface area (Å²) < 4.78 is 12.9. The molecule has 3 rings (SSSR count). The fourth-order valence-electron chi connectivity index (χ4n) is 2.72. The van der Waals surface area contributed by atoms with Crippen molar-refractivity contribution >= 4 is 11.5 Å². The molecule has 1 aliphatic heterocycles.